The lowest BCUT2D eigenvalue weighted by molar-refractivity contribution is 0.341. The summed E-state index contributed by atoms with van der Waals surface area (Å²) in [5.74, 6) is 0. The van der Waals surface area contributed by atoms with E-state index < -0.39 is 0 Å². The average molecular weight is 100 g/mol. The van der Waals surface area contributed by atoms with Gasteiger partial charge < -0.3 is 5.11 Å². The van der Waals surface area contributed by atoms with Crippen molar-refractivity contribution in [2.45, 2.75) is 20.3 Å². The SMILES string of the molecule is CCC(C)=CCO. The van der Waals surface area contributed by atoms with Crippen LogP contribution in [0.15, 0.2) is 11.6 Å². The fourth-order valence-electron chi connectivity index (χ4n) is 0.300. The summed E-state index contributed by atoms with van der Waals surface area (Å²) in [5.41, 5.74) is 1.25. The first kappa shape index (κ1) is 6.70. The number of hydrogen-bond acceptors (Lipinski definition) is 1. The molecule has 1 N–H and O–H groups in total. The van der Waals surface area contributed by atoms with Crippen LogP contribution in [0.25, 0.3) is 0 Å². The molecule has 0 aliphatic rings. The molecule has 42 valence electrons. The normalized spacial score (nSPS) is 12.1. The monoisotopic (exact) mass is 100 g/mol. The number of rotatable bonds is 2. The maximum Gasteiger partial charge on any atom is 0.0614 e. The minimum Gasteiger partial charge on any atom is -0.392 e. The first-order valence-corrected chi connectivity index (χ1v) is 2.57. The number of allylic oxidation sites excluding steroid dienone is 1. The van der Waals surface area contributed by atoms with Gasteiger partial charge in [0.25, 0.3) is 0 Å². The van der Waals surface area contributed by atoms with E-state index in [1.165, 1.54) is 5.57 Å². The molecule has 0 saturated heterocycles. The topological polar surface area (TPSA) is 20.2 Å². The van der Waals surface area contributed by atoms with Crippen molar-refractivity contribution >= 4 is 0 Å². The summed E-state index contributed by atoms with van der Waals surface area (Å²) >= 11 is 0. The van der Waals surface area contributed by atoms with Crippen LogP contribution in [-0.2, 0) is 0 Å². The zero-order valence-corrected chi connectivity index (χ0v) is 4.94. The van der Waals surface area contributed by atoms with Crippen molar-refractivity contribution in [1.29, 1.82) is 0 Å². The van der Waals surface area contributed by atoms with Crippen molar-refractivity contribution in [3.8, 4) is 0 Å². The van der Waals surface area contributed by atoms with E-state index in [0.29, 0.717) is 0 Å². The second-order valence-corrected chi connectivity index (χ2v) is 1.59. The van der Waals surface area contributed by atoms with Crippen molar-refractivity contribution in [1.82, 2.24) is 0 Å². The van der Waals surface area contributed by atoms with Crippen molar-refractivity contribution in [2.75, 3.05) is 6.61 Å². The van der Waals surface area contributed by atoms with Crippen molar-refractivity contribution in [3.05, 3.63) is 11.6 Å². The fourth-order valence-corrected chi connectivity index (χ4v) is 0.300. The van der Waals surface area contributed by atoms with Crippen LogP contribution < -0.4 is 0 Å². The highest BCUT2D eigenvalue weighted by Crippen LogP contribution is 1.94. The van der Waals surface area contributed by atoms with Crippen molar-refractivity contribution in [3.63, 3.8) is 0 Å². The van der Waals surface area contributed by atoms with Gasteiger partial charge in [0.1, 0.15) is 0 Å². The van der Waals surface area contributed by atoms with Crippen molar-refractivity contribution in [2.24, 2.45) is 0 Å². The van der Waals surface area contributed by atoms with Gasteiger partial charge in [0, 0.05) is 0 Å². The Bertz CT molecular complexity index is 64.6. The van der Waals surface area contributed by atoms with Gasteiger partial charge in [-0.2, -0.15) is 0 Å². The molecule has 1 heteroatoms. The molecule has 7 heavy (non-hydrogen) atoms. The Balaban J connectivity index is 3.29. The van der Waals surface area contributed by atoms with Gasteiger partial charge in [-0.15, -0.1) is 0 Å². The summed E-state index contributed by atoms with van der Waals surface area (Å²) in [5, 5.41) is 8.29. The van der Waals surface area contributed by atoms with Crippen LogP contribution in [0.3, 0.4) is 0 Å². The summed E-state index contributed by atoms with van der Waals surface area (Å²) in [6.07, 6.45) is 2.86. The van der Waals surface area contributed by atoms with Gasteiger partial charge in [-0.05, 0) is 13.3 Å². The largest absolute Gasteiger partial charge is 0.392 e. The Kier molecular flexibility index (Phi) is 3.71. The van der Waals surface area contributed by atoms with Crippen molar-refractivity contribution < 1.29 is 5.11 Å². The molecule has 0 rings (SSSR count). The highest BCUT2D eigenvalue weighted by atomic mass is 16.2. The van der Waals surface area contributed by atoms with Crippen LogP contribution in [-0.4, -0.2) is 11.7 Å². The standard InChI is InChI=1S/C6H12O/c1-3-6(2)4-5-7/h4,7H,3,5H2,1-2H3. The van der Waals surface area contributed by atoms with Crippen LogP contribution in [0.1, 0.15) is 20.3 Å². The van der Waals surface area contributed by atoms with E-state index in [0.717, 1.165) is 6.42 Å². The molecule has 0 radical (unpaired) electrons. The van der Waals surface area contributed by atoms with E-state index in [4.69, 9.17) is 5.11 Å². The molecule has 0 aromatic rings. The van der Waals surface area contributed by atoms with E-state index in [-0.39, 0.29) is 6.61 Å². The molecule has 0 fully saturated rings. The lowest BCUT2D eigenvalue weighted by Gasteiger charge is -1.88. The minimum absolute atomic E-state index is 0.180. The molecular formula is C6H12O. The molecule has 0 aliphatic heterocycles. The minimum atomic E-state index is 0.180. The van der Waals surface area contributed by atoms with E-state index in [1.807, 2.05) is 13.0 Å². The van der Waals surface area contributed by atoms with Crippen LogP contribution in [0, 0.1) is 0 Å². The van der Waals surface area contributed by atoms with E-state index in [2.05, 4.69) is 6.92 Å². The summed E-state index contributed by atoms with van der Waals surface area (Å²) in [6.45, 7) is 4.26. The molecule has 0 atom stereocenters. The molecule has 0 aromatic heterocycles. The van der Waals surface area contributed by atoms with Gasteiger partial charge in [0.2, 0.25) is 0 Å². The molecule has 0 saturated carbocycles. The first-order valence-electron chi connectivity index (χ1n) is 2.57. The first-order chi connectivity index (χ1) is 3.31. The van der Waals surface area contributed by atoms with Crippen LogP contribution in [0.5, 0.6) is 0 Å². The molecular weight excluding hydrogens is 88.1 g/mol. The number of hydrogen-bond donors (Lipinski definition) is 1. The molecule has 0 unspecified atom stereocenters. The zero-order chi connectivity index (χ0) is 5.70. The summed E-state index contributed by atoms with van der Waals surface area (Å²) in [4.78, 5) is 0. The average Bonchev–Trinajstić information content (AvgIpc) is 1.68. The van der Waals surface area contributed by atoms with E-state index in [1.54, 1.807) is 0 Å². The Morgan fingerprint density at radius 3 is 2.43 bits per heavy atom. The third kappa shape index (κ3) is 3.53. The number of aliphatic hydroxyl groups excluding tert-OH is 1. The van der Waals surface area contributed by atoms with Gasteiger partial charge >= 0.3 is 0 Å². The molecule has 0 bridgehead atoms. The Morgan fingerprint density at radius 1 is 1.71 bits per heavy atom. The highest BCUT2D eigenvalue weighted by Gasteiger charge is 1.77. The van der Waals surface area contributed by atoms with Crippen LogP contribution >= 0.6 is 0 Å². The predicted molar refractivity (Wildman–Crippen MR) is 31.1 cm³/mol. The van der Waals surface area contributed by atoms with E-state index in [9.17, 15) is 0 Å². The predicted octanol–water partition coefficient (Wildman–Crippen LogP) is 1.33. The molecule has 0 aromatic carbocycles. The summed E-state index contributed by atoms with van der Waals surface area (Å²) in [6, 6.07) is 0. The Hall–Kier alpha value is -0.300. The quantitative estimate of drug-likeness (QED) is 0.519. The summed E-state index contributed by atoms with van der Waals surface area (Å²) in [7, 11) is 0. The summed E-state index contributed by atoms with van der Waals surface area (Å²) < 4.78 is 0. The smallest absolute Gasteiger partial charge is 0.0614 e. The third-order valence-electron chi connectivity index (χ3n) is 0.997. The van der Waals surface area contributed by atoms with Gasteiger partial charge in [-0.25, -0.2) is 0 Å². The van der Waals surface area contributed by atoms with Gasteiger partial charge in [0.15, 0.2) is 0 Å². The Labute approximate surface area is 44.7 Å². The second kappa shape index (κ2) is 3.88. The molecule has 0 amide bonds. The molecule has 1 nitrogen and oxygen atoms in total. The lowest BCUT2D eigenvalue weighted by Crippen LogP contribution is -1.75. The fraction of sp³-hybridized carbons (Fsp3) is 0.667. The maximum absolute atomic E-state index is 8.29. The van der Waals surface area contributed by atoms with Crippen LogP contribution in [0.2, 0.25) is 0 Å². The maximum atomic E-state index is 8.29. The highest BCUT2D eigenvalue weighted by molar-refractivity contribution is 4.95. The lowest BCUT2D eigenvalue weighted by atomic mass is 10.2. The molecule has 0 heterocycles. The van der Waals surface area contributed by atoms with Crippen LogP contribution in [0.4, 0.5) is 0 Å². The van der Waals surface area contributed by atoms with E-state index >= 15 is 0 Å². The molecule has 0 aliphatic carbocycles. The third-order valence-corrected chi connectivity index (χ3v) is 0.997. The number of aliphatic hydroxyl groups is 1. The zero-order valence-electron chi connectivity index (χ0n) is 4.94. The Morgan fingerprint density at radius 2 is 2.29 bits per heavy atom. The second-order valence-electron chi connectivity index (χ2n) is 1.59. The van der Waals surface area contributed by atoms with Gasteiger partial charge in [-0.3, -0.25) is 0 Å². The molecule has 0 spiro atoms. The van der Waals surface area contributed by atoms with Gasteiger partial charge in [-0.1, -0.05) is 18.6 Å². The van der Waals surface area contributed by atoms with Gasteiger partial charge in [0.05, 0.1) is 6.61 Å².